The highest BCUT2D eigenvalue weighted by atomic mass is 19.4. The molecule has 0 aliphatic carbocycles. The molecule has 4 rings (SSSR count). The van der Waals surface area contributed by atoms with Crippen LogP contribution in [0.2, 0.25) is 0 Å². The van der Waals surface area contributed by atoms with Crippen molar-refractivity contribution in [3.8, 4) is 17.2 Å². The molecule has 0 fully saturated rings. The molecule has 0 aliphatic rings. The van der Waals surface area contributed by atoms with Gasteiger partial charge in [-0.3, -0.25) is 4.79 Å². The maximum atomic E-state index is 14.1. The second kappa shape index (κ2) is 12.0. The normalized spacial score (nSPS) is 11.6. The molecule has 0 spiro atoms. The van der Waals surface area contributed by atoms with E-state index in [4.69, 9.17) is 13.9 Å². The van der Waals surface area contributed by atoms with E-state index in [9.17, 15) is 22.8 Å². The molecular formula is C32H31F3O5. The zero-order chi connectivity index (χ0) is 29.0. The Bertz CT molecular complexity index is 1560. The van der Waals surface area contributed by atoms with E-state index in [2.05, 4.69) is 6.92 Å². The van der Waals surface area contributed by atoms with E-state index in [1.165, 1.54) is 12.1 Å². The highest BCUT2D eigenvalue weighted by Crippen LogP contribution is 2.39. The number of halogens is 3. The maximum Gasteiger partial charge on any atom is 0.453 e. The van der Waals surface area contributed by atoms with Gasteiger partial charge in [-0.15, -0.1) is 0 Å². The minimum absolute atomic E-state index is 0.0498. The SMILES string of the molecule is CCCCCCc1cc2c(=O)c(Oc3cc(C)cc(C)c3)c(C(F)(F)F)oc2cc1OC(=O)c1ccc(C)cc1. The first-order valence-electron chi connectivity index (χ1n) is 13.2. The summed E-state index contributed by atoms with van der Waals surface area (Å²) in [5.74, 6) is -3.02. The van der Waals surface area contributed by atoms with Crippen LogP contribution < -0.4 is 14.9 Å². The van der Waals surface area contributed by atoms with Gasteiger partial charge in [0.05, 0.1) is 10.9 Å². The number of fused-ring (bicyclic) bond motifs is 1. The second-order valence-electron chi connectivity index (χ2n) is 10.0. The fourth-order valence-electron chi connectivity index (χ4n) is 4.52. The Morgan fingerprint density at radius 3 is 2.17 bits per heavy atom. The summed E-state index contributed by atoms with van der Waals surface area (Å²) in [5, 5.41) is -0.0898. The molecule has 0 atom stereocenters. The molecule has 0 N–H and O–H groups in total. The quantitative estimate of drug-likeness (QED) is 0.118. The smallest absolute Gasteiger partial charge is 0.449 e. The van der Waals surface area contributed by atoms with Crippen LogP contribution in [0.4, 0.5) is 13.2 Å². The molecule has 4 aromatic rings. The number of benzene rings is 3. The van der Waals surface area contributed by atoms with E-state index in [1.807, 2.05) is 13.0 Å². The van der Waals surface area contributed by atoms with Crippen molar-refractivity contribution in [2.24, 2.45) is 0 Å². The van der Waals surface area contributed by atoms with E-state index in [-0.39, 0.29) is 28.0 Å². The summed E-state index contributed by atoms with van der Waals surface area (Å²) in [6.45, 7) is 7.51. The standard InChI is InChI=1S/C32H31F3O5/c1-5-6-7-8-9-23-17-25-27(18-26(23)40-31(37)22-12-10-19(2)11-13-22)39-30(32(33,34)35)29(28(25)36)38-24-15-20(3)14-21(4)16-24/h10-18H,5-9H2,1-4H3. The number of esters is 1. The van der Waals surface area contributed by atoms with Gasteiger partial charge in [0.2, 0.25) is 11.2 Å². The average Bonchev–Trinajstić information content (AvgIpc) is 2.87. The van der Waals surface area contributed by atoms with Gasteiger partial charge in [0, 0.05) is 6.07 Å². The molecule has 0 bridgehead atoms. The number of hydrogen-bond acceptors (Lipinski definition) is 5. The van der Waals surface area contributed by atoms with Gasteiger partial charge < -0.3 is 13.9 Å². The molecule has 0 radical (unpaired) electrons. The number of hydrogen-bond donors (Lipinski definition) is 0. The summed E-state index contributed by atoms with van der Waals surface area (Å²) >= 11 is 0. The van der Waals surface area contributed by atoms with Crippen LogP contribution in [0.3, 0.4) is 0 Å². The summed E-state index contributed by atoms with van der Waals surface area (Å²) in [6.07, 6.45) is -0.902. The molecule has 210 valence electrons. The third-order valence-electron chi connectivity index (χ3n) is 6.49. The first kappa shape index (κ1) is 28.9. The topological polar surface area (TPSA) is 65.7 Å². The minimum Gasteiger partial charge on any atom is -0.449 e. The lowest BCUT2D eigenvalue weighted by Gasteiger charge is -2.16. The number of ether oxygens (including phenoxy) is 2. The van der Waals surface area contributed by atoms with Crippen LogP contribution >= 0.6 is 0 Å². The molecular weight excluding hydrogens is 521 g/mol. The van der Waals surface area contributed by atoms with Crippen LogP contribution in [0.1, 0.15) is 71.0 Å². The monoisotopic (exact) mass is 552 g/mol. The van der Waals surface area contributed by atoms with Crippen LogP contribution in [-0.4, -0.2) is 5.97 Å². The van der Waals surface area contributed by atoms with Crippen LogP contribution in [-0.2, 0) is 12.6 Å². The number of alkyl halides is 3. The van der Waals surface area contributed by atoms with E-state index in [1.54, 1.807) is 50.2 Å². The van der Waals surface area contributed by atoms with E-state index in [0.717, 1.165) is 42.4 Å². The number of rotatable bonds is 9. The van der Waals surface area contributed by atoms with Crippen LogP contribution in [0.15, 0.2) is 63.8 Å². The van der Waals surface area contributed by atoms with Crippen molar-refractivity contribution in [1.29, 1.82) is 0 Å². The molecule has 0 saturated heterocycles. The molecule has 0 saturated carbocycles. The first-order chi connectivity index (χ1) is 19.0. The Morgan fingerprint density at radius 1 is 0.875 bits per heavy atom. The van der Waals surface area contributed by atoms with Crippen molar-refractivity contribution in [3.05, 3.63) is 98.4 Å². The van der Waals surface area contributed by atoms with Crippen molar-refractivity contribution < 1.29 is 31.9 Å². The zero-order valence-electron chi connectivity index (χ0n) is 22.9. The highest BCUT2D eigenvalue weighted by Gasteiger charge is 2.40. The van der Waals surface area contributed by atoms with Crippen molar-refractivity contribution in [2.45, 2.75) is 66.0 Å². The van der Waals surface area contributed by atoms with Crippen LogP contribution in [0.5, 0.6) is 17.2 Å². The lowest BCUT2D eigenvalue weighted by molar-refractivity contribution is -0.154. The van der Waals surface area contributed by atoms with Crippen LogP contribution in [0.25, 0.3) is 11.0 Å². The fraction of sp³-hybridized carbons (Fsp3) is 0.312. The largest absolute Gasteiger partial charge is 0.453 e. The van der Waals surface area contributed by atoms with E-state index in [0.29, 0.717) is 12.0 Å². The molecule has 0 unspecified atom stereocenters. The summed E-state index contributed by atoms with van der Waals surface area (Å²) in [5.41, 5.74) is 1.99. The molecule has 5 nitrogen and oxygen atoms in total. The molecule has 1 heterocycles. The number of carbonyl (C=O) groups excluding carboxylic acids is 1. The number of unbranched alkanes of at least 4 members (excludes halogenated alkanes) is 3. The molecule has 1 aromatic heterocycles. The van der Waals surface area contributed by atoms with Gasteiger partial charge in [-0.25, -0.2) is 4.79 Å². The van der Waals surface area contributed by atoms with Gasteiger partial charge in [0.1, 0.15) is 17.1 Å². The van der Waals surface area contributed by atoms with Gasteiger partial charge in [-0.05, 0) is 80.6 Å². The van der Waals surface area contributed by atoms with Gasteiger partial charge >= 0.3 is 12.1 Å². The number of carbonyl (C=O) groups is 1. The van der Waals surface area contributed by atoms with Crippen molar-refractivity contribution >= 4 is 16.9 Å². The molecule has 0 amide bonds. The van der Waals surface area contributed by atoms with E-state index < -0.39 is 29.1 Å². The molecule has 8 heteroatoms. The Morgan fingerprint density at radius 2 is 1.55 bits per heavy atom. The summed E-state index contributed by atoms with van der Waals surface area (Å²) in [4.78, 5) is 26.4. The second-order valence-corrected chi connectivity index (χ2v) is 10.0. The van der Waals surface area contributed by atoms with Crippen molar-refractivity contribution in [1.82, 2.24) is 0 Å². The third-order valence-corrected chi connectivity index (χ3v) is 6.49. The van der Waals surface area contributed by atoms with Gasteiger partial charge in [-0.1, -0.05) is 49.9 Å². The lowest BCUT2D eigenvalue weighted by atomic mass is 10.0. The van der Waals surface area contributed by atoms with Crippen molar-refractivity contribution in [2.75, 3.05) is 0 Å². The summed E-state index contributed by atoms with van der Waals surface area (Å²) in [7, 11) is 0. The van der Waals surface area contributed by atoms with Gasteiger partial charge in [0.15, 0.2) is 0 Å². The number of aryl methyl sites for hydroxylation is 4. The summed E-state index contributed by atoms with van der Waals surface area (Å²) in [6, 6.07) is 14.3. The fourth-order valence-corrected chi connectivity index (χ4v) is 4.52. The Balaban J connectivity index is 1.84. The van der Waals surface area contributed by atoms with Gasteiger partial charge in [0.25, 0.3) is 5.76 Å². The third kappa shape index (κ3) is 6.73. The molecule has 3 aromatic carbocycles. The zero-order valence-corrected chi connectivity index (χ0v) is 22.9. The predicted molar refractivity (Wildman–Crippen MR) is 147 cm³/mol. The van der Waals surface area contributed by atoms with E-state index >= 15 is 0 Å². The highest BCUT2D eigenvalue weighted by molar-refractivity contribution is 5.92. The van der Waals surface area contributed by atoms with Gasteiger partial charge in [-0.2, -0.15) is 13.2 Å². The molecule has 40 heavy (non-hydrogen) atoms. The molecule has 0 aliphatic heterocycles. The summed E-state index contributed by atoms with van der Waals surface area (Å²) < 4.78 is 58.8. The van der Waals surface area contributed by atoms with Crippen molar-refractivity contribution in [3.63, 3.8) is 0 Å². The predicted octanol–water partition coefficient (Wildman–Crippen LogP) is 8.87. The maximum absolute atomic E-state index is 14.1. The Kier molecular flexibility index (Phi) is 8.67. The first-order valence-corrected chi connectivity index (χ1v) is 13.2. The lowest BCUT2D eigenvalue weighted by Crippen LogP contribution is -2.16. The Labute approximate surface area is 230 Å². The van der Waals surface area contributed by atoms with Crippen LogP contribution in [0, 0.1) is 20.8 Å². The average molecular weight is 553 g/mol. The Hall–Kier alpha value is -4.07. The minimum atomic E-state index is -5.01.